The van der Waals surface area contributed by atoms with Crippen molar-refractivity contribution in [3.05, 3.63) is 18.0 Å². The smallest absolute Gasteiger partial charge is 0.305 e. The summed E-state index contributed by atoms with van der Waals surface area (Å²) in [4.78, 5) is 23.4. The van der Waals surface area contributed by atoms with Crippen molar-refractivity contribution in [1.82, 2.24) is 15.1 Å². The van der Waals surface area contributed by atoms with Gasteiger partial charge in [0.15, 0.2) is 0 Å². The number of aliphatic carboxylic acids is 1. The van der Waals surface area contributed by atoms with E-state index in [2.05, 4.69) is 10.4 Å². The number of ether oxygens (including phenoxy) is 1. The zero-order valence-corrected chi connectivity index (χ0v) is 12.2. The fraction of sp³-hybridized carbons (Fsp3) is 0.643. The Morgan fingerprint density at radius 1 is 1.48 bits per heavy atom. The standard InChI is InChI=1S/C14H21N3O4/c1-2-5-17-10-11(9-15-17)13(20)16-14(8-12(18)19)3-6-21-7-4-14/h9-10H,2-8H2,1H3,(H,16,20)(H,18,19). The van der Waals surface area contributed by atoms with Crippen LogP contribution in [-0.2, 0) is 16.1 Å². The Bertz CT molecular complexity index is 506. The molecule has 1 aromatic rings. The molecule has 0 unspecified atom stereocenters. The summed E-state index contributed by atoms with van der Waals surface area (Å²) in [7, 11) is 0. The molecule has 7 heteroatoms. The van der Waals surface area contributed by atoms with E-state index >= 15 is 0 Å². The number of hydrogen-bond donors (Lipinski definition) is 2. The first kappa shape index (κ1) is 15.5. The van der Waals surface area contributed by atoms with Crippen LogP contribution in [0.25, 0.3) is 0 Å². The molecule has 0 spiro atoms. The highest BCUT2D eigenvalue weighted by Crippen LogP contribution is 2.25. The number of carbonyl (C=O) groups is 2. The molecule has 0 bridgehead atoms. The molecule has 1 fully saturated rings. The number of carbonyl (C=O) groups excluding carboxylic acids is 1. The molecule has 0 radical (unpaired) electrons. The minimum atomic E-state index is -0.918. The predicted molar refractivity (Wildman–Crippen MR) is 75.0 cm³/mol. The number of carboxylic acid groups (broad SMARTS) is 1. The van der Waals surface area contributed by atoms with Gasteiger partial charge in [0.25, 0.3) is 5.91 Å². The second-order valence-electron chi connectivity index (χ2n) is 5.41. The van der Waals surface area contributed by atoms with E-state index in [9.17, 15) is 9.59 Å². The molecule has 1 aliphatic rings. The summed E-state index contributed by atoms with van der Waals surface area (Å²) in [6, 6.07) is 0. The number of rotatable bonds is 6. The van der Waals surface area contributed by atoms with Crippen molar-refractivity contribution in [3.8, 4) is 0 Å². The van der Waals surface area contributed by atoms with E-state index in [1.807, 2.05) is 6.92 Å². The summed E-state index contributed by atoms with van der Waals surface area (Å²) < 4.78 is 6.98. The van der Waals surface area contributed by atoms with Crippen LogP contribution in [0.2, 0.25) is 0 Å². The third-order valence-corrected chi connectivity index (χ3v) is 3.67. The first-order chi connectivity index (χ1) is 10.0. The average Bonchev–Trinajstić information content (AvgIpc) is 2.88. The molecular formula is C14H21N3O4. The average molecular weight is 295 g/mol. The van der Waals surface area contributed by atoms with Gasteiger partial charge in [0.1, 0.15) is 0 Å². The van der Waals surface area contributed by atoms with Crippen LogP contribution in [-0.4, -0.2) is 45.5 Å². The summed E-state index contributed by atoms with van der Waals surface area (Å²) >= 11 is 0. The van der Waals surface area contributed by atoms with Crippen LogP contribution in [0, 0.1) is 0 Å². The van der Waals surface area contributed by atoms with E-state index in [4.69, 9.17) is 9.84 Å². The van der Waals surface area contributed by atoms with Gasteiger partial charge in [0.05, 0.1) is 23.7 Å². The minimum Gasteiger partial charge on any atom is -0.481 e. The third kappa shape index (κ3) is 4.04. The molecule has 1 saturated heterocycles. The van der Waals surface area contributed by atoms with Crippen LogP contribution in [0.15, 0.2) is 12.4 Å². The van der Waals surface area contributed by atoms with E-state index in [-0.39, 0.29) is 12.3 Å². The van der Waals surface area contributed by atoms with E-state index in [0.717, 1.165) is 13.0 Å². The Labute approximate surface area is 123 Å². The van der Waals surface area contributed by atoms with Crippen LogP contribution >= 0.6 is 0 Å². The topological polar surface area (TPSA) is 93.5 Å². The number of nitrogens with one attached hydrogen (secondary N) is 1. The maximum absolute atomic E-state index is 12.3. The van der Waals surface area contributed by atoms with Crippen molar-refractivity contribution >= 4 is 11.9 Å². The normalized spacial score (nSPS) is 17.4. The summed E-state index contributed by atoms with van der Waals surface area (Å²) in [5.41, 5.74) is -0.270. The third-order valence-electron chi connectivity index (χ3n) is 3.67. The van der Waals surface area contributed by atoms with Gasteiger partial charge in [-0.05, 0) is 19.3 Å². The van der Waals surface area contributed by atoms with E-state index in [1.165, 1.54) is 6.20 Å². The highest BCUT2D eigenvalue weighted by Gasteiger charge is 2.36. The zero-order chi connectivity index (χ0) is 15.3. The van der Waals surface area contributed by atoms with Gasteiger partial charge in [0, 0.05) is 26.0 Å². The van der Waals surface area contributed by atoms with Gasteiger partial charge in [-0.15, -0.1) is 0 Å². The Hall–Kier alpha value is -1.89. The van der Waals surface area contributed by atoms with E-state index < -0.39 is 11.5 Å². The zero-order valence-electron chi connectivity index (χ0n) is 12.2. The van der Waals surface area contributed by atoms with Gasteiger partial charge in [-0.3, -0.25) is 14.3 Å². The number of hydrogen-bond acceptors (Lipinski definition) is 4. The van der Waals surface area contributed by atoms with Crippen LogP contribution < -0.4 is 5.32 Å². The van der Waals surface area contributed by atoms with Gasteiger partial charge in [-0.2, -0.15) is 5.10 Å². The Kier molecular flexibility index (Phi) is 4.95. The summed E-state index contributed by atoms with van der Waals surface area (Å²) in [6.07, 6.45) is 5.06. The van der Waals surface area contributed by atoms with Gasteiger partial charge in [0.2, 0.25) is 0 Å². The lowest BCUT2D eigenvalue weighted by Gasteiger charge is -2.36. The number of carboxylic acids is 1. The molecule has 116 valence electrons. The molecule has 2 N–H and O–H groups in total. The van der Waals surface area contributed by atoms with Crippen molar-refractivity contribution < 1.29 is 19.4 Å². The summed E-state index contributed by atoms with van der Waals surface area (Å²) in [5.74, 6) is -1.20. The molecule has 2 rings (SSSR count). The SMILES string of the molecule is CCCn1cc(C(=O)NC2(CC(=O)O)CCOCC2)cn1. The lowest BCUT2D eigenvalue weighted by atomic mass is 9.86. The van der Waals surface area contributed by atoms with Gasteiger partial charge in [-0.1, -0.05) is 6.92 Å². The minimum absolute atomic E-state index is 0.0921. The molecule has 2 heterocycles. The van der Waals surface area contributed by atoms with Gasteiger partial charge >= 0.3 is 5.97 Å². The van der Waals surface area contributed by atoms with Crippen LogP contribution in [0.1, 0.15) is 43.0 Å². The molecule has 0 atom stereocenters. The fourth-order valence-electron chi connectivity index (χ4n) is 2.54. The largest absolute Gasteiger partial charge is 0.481 e. The van der Waals surface area contributed by atoms with Crippen LogP contribution in [0.3, 0.4) is 0 Å². The highest BCUT2D eigenvalue weighted by atomic mass is 16.5. The van der Waals surface area contributed by atoms with Crippen molar-refractivity contribution in [2.75, 3.05) is 13.2 Å². The van der Waals surface area contributed by atoms with E-state index in [1.54, 1.807) is 10.9 Å². The van der Waals surface area contributed by atoms with Gasteiger partial charge < -0.3 is 15.2 Å². The fourth-order valence-corrected chi connectivity index (χ4v) is 2.54. The van der Waals surface area contributed by atoms with Crippen LogP contribution in [0.5, 0.6) is 0 Å². The maximum Gasteiger partial charge on any atom is 0.305 e. The molecular weight excluding hydrogens is 274 g/mol. The van der Waals surface area contributed by atoms with Crippen molar-refractivity contribution in [2.45, 2.75) is 44.7 Å². The van der Waals surface area contributed by atoms with Gasteiger partial charge in [-0.25, -0.2) is 0 Å². The van der Waals surface area contributed by atoms with Crippen molar-refractivity contribution in [2.24, 2.45) is 0 Å². The van der Waals surface area contributed by atoms with Crippen LogP contribution in [0.4, 0.5) is 0 Å². The van der Waals surface area contributed by atoms with Crippen molar-refractivity contribution in [1.29, 1.82) is 0 Å². The molecule has 0 saturated carbocycles. The molecule has 21 heavy (non-hydrogen) atoms. The quantitative estimate of drug-likeness (QED) is 0.818. The Balaban J connectivity index is 2.07. The number of amides is 1. The first-order valence-electron chi connectivity index (χ1n) is 7.19. The second kappa shape index (κ2) is 6.71. The highest BCUT2D eigenvalue weighted by molar-refractivity contribution is 5.94. The molecule has 1 amide bonds. The number of aromatic nitrogens is 2. The number of nitrogens with zero attached hydrogens (tertiary/aromatic N) is 2. The predicted octanol–water partition coefficient (Wildman–Crippen LogP) is 1.05. The molecule has 1 aromatic heterocycles. The maximum atomic E-state index is 12.3. The monoisotopic (exact) mass is 295 g/mol. The Morgan fingerprint density at radius 2 is 2.19 bits per heavy atom. The molecule has 0 aromatic carbocycles. The molecule has 0 aliphatic carbocycles. The van der Waals surface area contributed by atoms with E-state index in [0.29, 0.717) is 31.6 Å². The summed E-state index contributed by atoms with van der Waals surface area (Å²) in [6.45, 7) is 3.71. The molecule has 7 nitrogen and oxygen atoms in total. The Morgan fingerprint density at radius 3 is 2.81 bits per heavy atom. The first-order valence-corrected chi connectivity index (χ1v) is 7.19. The number of aryl methyl sites for hydroxylation is 1. The second-order valence-corrected chi connectivity index (χ2v) is 5.41. The van der Waals surface area contributed by atoms with Crippen molar-refractivity contribution in [3.63, 3.8) is 0 Å². The summed E-state index contributed by atoms with van der Waals surface area (Å²) in [5, 5.41) is 16.1. The lowest BCUT2D eigenvalue weighted by Crippen LogP contribution is -2.53. The lowest BCUT2D eigenvalue weighted by molar-refractivity contribution is -0.139. The molecule has 1 aliphatic heterocycles.